The Morgan fingerprint density at radius 2 is 2.10 bits per heavy atom. The minimum absolute atomic E-state index is 0.193. The lowest BCUT2D eigenvalue weighted by Gasteiger charge is -2.22. The maximum Gasteiger partial charge on any atom is 0.410 e. The highest BCUT2D eigenvalue weighted by Gasteiger charge is 2.33. The summed E-state index contributed by atoms with van der Waals surface area (Å²) >= 11 is 0. The number of amides is 1. The molecule has 0 bridgehead atoms. The highest BCUT2D eigenvalue weighted by atomic mass is 16.4. The molecule has 1 aliphatic rings. The number of aliphatic hydroxyl groups excluding tert-OH is 1. The molecule has 6 heteroatoms. The van der Waals surface area contributed by atoms with Crippen molar-refractivity contribution in [1.29, 1.82) is 0 Å². The number of aromatic nitrogens is 2. The van der Waals surface area contributed by atoms with E-state index in [2.05, 4.69) is 10.4 Å². The molecule has 112 valence electrons. The topological polar surface area (TPSA) is 87.4 Å². The van der Waals surface area contributed by atoms with Crippen LogP contribution in [0.25, 0.3) is 0 Å². The summed E-state index contributed by atoms with van der Waals surface area (Å²) in [5.74, 6) is 0.933. The van der Waals surface area contributed by atoms with Crippen molar-refractivity contribution in [3.05, 3.63) is 11.8 Å². The third kappa shape index (κ3) is 2.95. The first kappa shape index (κ1) is 14.8. The van der Waals surface area contributed by atoms with Gasteiger partial charge in [0.15, 0.2) is 0 Å². The van der Waals surface area contributed by atoms with E-state index in [1.54, 1.807) is 10.7 Å². The quantitative estimate of drug-likeness (QED) is 0.777. The molecule has 2 rings (SSSR count). The SMILES string of the molecule is C[C@@H]1C[C@H](c2cc(NC(=O)O)n(C(C)(C)C)n2)C[C@H]1O. The van der Waals surface area contributed by atoms with Gasteiger partial charge in [-0.15, -0.1) is 0 Å². The van der Waals surface area contributed by atoms with Crippen molar-refractivity contribution < 1.29 is 15.0 Å². The Kier molecular flexibility index (Phi) is 3.77. The van der Waals surface area contributed by atoms with Crippen molar-refractivity contribution in [3.63, 3.8) is 0 Å². The standard InChI is InChI=1S/C14H23N3O3/c1-8-5-9(6-11(8)18)10-7-12(15-13(19)20)17(16-10)14(2,3)4/h7-9,11,15,18H,5-6H2,1-4H3,(H,19,20)/t8-,9+,11-/m1/s1. The Bertz CT molecular complexity index is 494. The van der Waals surface area contributed by atoms with E-state index in [0.29, 0.717) is 12.2 Å². The molecule has 0 radical (unpaired) electrons. The summed E-state index contributed by atoms with van der Waals surface area (Å²) in [5, 5.41) is 25.8. The largest absolute Gasteiger partial charge is 0.465 e. The second-order valence-electron chi connectivity index (χ2n) is 6.68. The van der Waals surface area contributed by atoms with Crippen LogP contribution in [0.1, 0.15) is 52.1 Å². The summed E-state index contributed by atoms with van der Waals surface area (Å²) in [6.45, 7) is 7.95. The van der Waals surface area contributed by atoms with Crippen molar-refractivity contribution in [2.24, 2.45) is 5.92 Å². The third-order valence-electron chi connectivity index (χ3n) is 3.86. The van der Waals surface area contributed by atoms with E-state index in [9.17, 15) is 9.90 Å². The van der Waals surface area contributed by atoms with E-state index >= 15 is 0 Å². The lowest BCUT2D eigenvalue weighted by Crippen LogP contribution is -2.26. The first-order valence-electron chi connectivity index (χ1n) is 6.97. The maximum absolute atomic E-state index is 10.9. The van der Waals surface area contributed by atoms with Gasteiger partial charge in [-0.1, -0.05) is 6.92 Å². The van der Waals surface area contributed by atoms with Crippen molar-refractivity contribution in [2.45, 2.75) is 58.1 Å². The van der Waals surface area contributed by atoms with E-state index < -0.39 is 6.09 Å². The highest BCUT2D eigenvalue weighted by molar-refractivity contribution is 5.81. The van der Waals surface area contributed by atoms with Crippen LogP contribution in [0.2, 0.25) is 0 Å². The number of carboxylic acid groups (broad SMARTS) is 1. The number of rotatable bonds is 2. The Morgan fingerprint density at radius 1 is 1.45 bits per heavy atom. The van der Waals surface area contributed by atoms with Crippen LogP contribution in [-0.4, -0.2) is 32.2 Å². The Balaban J connectivity index is 2.32. The zero-order chi connectivity index (χ0) is 15.1. The number of hydrogen-bond donors (Lipinski definition) is 3. The second kappa shape index (κ2) is 5.09. The molecule has 20 heavy (non-hydrogen) atoms. The molecule has 0 unspecified atom stereocenters. The first-order chi connectivity index (χ1) is 9.18. The van der Waals surface area contributed by atoms with Gasteiger partial charge in [0.1, 0.15) is 5.82 Å². The maximum atomic E-state index is 10.9. The van der Waals surface area contributed by atoms with Crippen LogP contribution >= 0.6 is 0 Å². The van der Waals surface area contributed by atoms with E-state index in [1.165, 1.54) is 0 Å². The molecule has 6 nitrogen and oxygen atoms in total. The molecule has 0 aromatic carbocycles. The predicted octanol–water partition coefficient (Wildman–Crippen LogP) is 2.60. The number of nitrogens with one attached hydrogen (secondary N) is 1. The van der Waals surface area contributed by atoms with Crippen molar-refractivity contribution >= 4 is 11.9 Å². The first-order valence-corrected chi connectivity index (χ1v) is 6.97. The normalized spacial score (nSPS) is 26.8. The monoisotopic (exact) mass is 281 g/mol. The van der Waals surface area contributed by atoms with Gasteiger partial charge in [0.05, 0.1) is 17.3 Å². The number of aliphatic hydroxyl groups is 1. The Morgan fingerprint density at radius 3 is 2.55 bits per heavy atom. The van der Waals surface area contributed by atoms with Gasteiger partial charge >= 0.3 is 6.09 Å². The van der Waals surface area contributed by atoms with Gasteiger partial charge < -0.3 is 10.2 Å². The Hall–Kier alpha value is -1.56. The van der Waals surface area contributed by atoms with Crippen LogP contribution in [0, 0.1) is 5.92 Å². The molecule has 1 saturated carbocycles. The molecule has 1 aromatic heterocycles. The van der Waals surface area contributed by atoms with E-state index in [1.807, 2.05) is 27.7 Å². The number of carbonyl (C=O) groups is 1. The van der Waals surface area contributed by atoms with Crippen molar-refractivity contribution in [2.75, 3.05) is 5.32 Å². The van der Waals surface area contributed by atoms with Crippen LogP contribution < -0.4 is 5.32 Å². The van der Waals surface area contributed by atoms with Gasteiger partial charge in [-0.3, -0.25) is 5.32 Å². The summed E-state index contributed by atoms with van der Waals surface area (Å²) in [6, 6.07) is 1.79. The van der Waals surface area contributed by atoms with Gasteiger partial charge in [-0.25, -0.2) is 9.48 Å². The zero-order valence-electron chi connectivity index (χ0n) is 12.4. The van der Waals surface area contributed by atoms with Gasteiger partial charge in [-0.05, 0) is 39.5 Å². The number of hydrogen-bond acceptors (Lipinski definition) is 3. The fraction of sp³-hybridized carbons (Fsp3) is 0.714. The smallest absolute Gasteiger partial charge is 0.410 e. The van der Waals surface area contributed by atoms with Crippen molar-refractivity contribution in [1.82, 2.24) is 9.78 Å². The molecule has 0 aliphatic heterocycles. The summed E-state index contributed by atoms with van der Waals surface area (Å²) < 4.78 is 1.70. The molecule has 3 N–H and O–H groups in total. The van der Waals surface area contributed by atoms with Gasteiger partial charge in [0.25, 0.3) is 0 Å². The highest BCUT2D eigenvalue weighted by Crippen LogP contribution is 2.39. The van der Waals surface area contributed by atoms with Crippen LogP contribution in [0.4, 0.5) is 10.6 Å². The van der Waals surface area contributed by atoms with E-state index in [0.717, 1.165) is 12.1 Å². The van der Waals surface area contributed by atoms with Crippen LogP contribution in [-0.2, 0) is 5.54 Å². The molecule has 1 aromatic rings. The van der Waals surface area contributed by atoms with Crippen LogP contribution in [0.5, 0.6) is 0 Å². The molecular weight excluding hydrogens is 258 g/mol. The average molecular weight is 281 g/mol. The van der Waals surface area contributed by atoms with Gasteiger partial charge in [-0.2, -0.15) is 5.10 Å². The van der Waals surface area contributed by atoms with Crippen LogP contribution in [0.15, 0.2) is 6.07 Å². The molecule has 1 aliphatic carbocycles. The average Bonchev–Trinajstić information content (AvgIpc) is 2.82. The fourth-order valence-electron chi connectivity index (χ4n) is 2.78. The van der Waals surface area contributed by atoms with Crippen LogP contribution in [0.3, 0.4) is 0 Å². The molecule has 0 spiro atoms. The predicted molar refractivity (Wildman–Crippen MR) is 76.0 cm³/mol. The summed E-state index contributed by atoms with van der Waals surface area (Å²) in [7, 11) is 0. The molecule has 1 amide bonds. The number of nitrogens with zero attached hydrogens (tertiary/aromatic N) is 2. The van der Waals surface area contributed by atoms with Crippen molar-refractivity contribution in [3.8, 4) is 0 Å². The third-order valence-corrected chi connectivity index (χ3v) is 3.86. The Labute approximate surface area is 118 Å². The summed E-state index contributed by atoms with van der Waals surface area (Å²) in [4.78, 5) is 10.9. The molecule has 1 heterocycles. The molecule has 3 atom stereocenters. The van der Waals surface area contributed by atoms with Gasteiger partial charge in [0, 0.05) is 12.0 Å². The zero-order valence-corrected chi connectivity index (χ0v) is 12.4. The molecule has 1 fully saturated rings. The molecular formula is C14H23N3O3. The molecule has 0 saturated heterocycles. The van der Waals surface area contributed by atoms with E-state index in [-0.39, 0.29) is 23.5 Å². The fourth-order valence-corrected chi connectivity index (χ4v) is 2.78. The minimum Gasteiger partial charge on any atom is -0.465 e. The second-order valence-corrected chi connectivity index (χ2v) is 6.68. The lowest BCUT2D eigenvalue weighted by molar-refractivity contribution is 0.140. The summed E-state index contributed by atoms with van der Waals surface area (Å²) in [5.41, 5.74) is 0.547. The van der Waals surface area contributed by atoms with Gasteiger partial charge in [0.2, 0.25) is 0 Å². The summed E-state index contributed by atoms with van der Waals surface area (Å²) in [6.07, 6.45) is 0.182. The lowest BCUT2D eigenvalue weighted by atomic mass is 10.0. The number of anilines is 1. The minimum atomic E-state index is -1.10. The van der Waals surface area contributed by atoms with E-state index in [4.69, 9.17) is 5.11 Å².